The maximum Gasteiger partial charge on any atom is 0.136 e. The van der Waals surface area contributed by atoms with Crippen LogP contribution in [0, 0.1) is 5.41 Å². The van der Waals surface area contributed by atoms with E-state index in [4.69, 9.17) is 4.74 Å². The van der Waals surface area contributed by atoms with Crippen molar-refractivity contribution in [3.63, 3.8) is 0 Å². The SMILES string of the molecule is CC(C)(C)[C@@H]1N[C@@H](c2ccccc2)OC1(c1ccccc1)c1ccccc1. The van der Waals surface area contributed by atoms with Crippen molar-refractivity contribution in [3.8, 4) is 0 Å². The number of hydrogen-bond donors (Lipinski definition) is 1. The Morgan fingerprint density at radius 3 is 1.59 bits per heavy atom. The lowest BCUT2D eigenvalue weighted by Crippen LogP contribution is -2.50. The van der Waals surface area contributed by atoms with Crippen molar-refractivity contribution >= 4 is 0 Å². The van der Waals surface area contributed by atoms with Crippen molar-refractivity contribution in [1.29, 1.82) is 0 Å². The first-order valence-corrected chi connectivity index (χ1v) is 9.62. The van der Waals surface area contributed by atoms with Crippen molar-refractivity contribution in [2.45, 2.75) is 38.6 Å². The van der Waals surface area contributed by atoms with Gasteiger partial charge in [-0.2, -0.15) is 0 Å². The molecule has 0 spiro atoms. The van der Waals surface area contributed by atoms with E-state index in [9.17, 15) is 0 Å². The molecule has 27 heavy (non-hydrogen) atoms. The molecular formula is C25H27NO. The standard InChI is InChI=1S/C25H27NO/c1-24(2,3)23-25(20-15-9-5-10-16-20,21-17-11-6-12-18-21)27-22(26-23)19-13-7-4-8-14-19/h4-18,22-23,26H,1-3H3/t22-,23+/m1/s1. The van der Waals surface area contributed by atoms with E-state index in [-0.39, 0.29) is 17.7 Å². The van der Waals surface area contributed by atoms with Gasteiger partial charge in [0.2, 0.25) is 0 Å². The zero-order valence-electron chi connectivity index (χ0n) is 16.2. The lowest BCUT2D eigenvalue weighted by molar-refractivity contribution is -0.0363. The summed E-state index contributed by atoms with van der Waals surface area (Å²) in [6.07, 6.45) is -0.157. The van der Waals surface area contributed by atoms with Crippen LogP contribution >= 0.6 is 0 Å². The van der Waals surface area contributed by atoms with Gasteiger partial charge < -0.3 is 4.74 Å². The molecule has 1 fully saturated rings. The molecule has 0 aliphatic carbocycles. The van der Waals surface area contributed by atoms with Crippen LogP contribution in [-0.4, -0.2) is 6.04 Å². The van der Waals surface area contributed by atoms with Crippen molar-refractivity contribution in [2.75, 3.05) is 0 Å². The molecule has 1 aliphatic rings. The average molecular weight is 357 g/mol. The van der Waals surface area contributed by atoms with Crippen LogP contribution in [-0.2, 0) is 10.3 Å². The van der Waals surface area contributed by atoms with Gasteiger partial charge in [0.25, 0.3) is 0 Å². The number of hydrogen-bond acceptors (Lipinski definition) is 2. The summed E-state index contributed by atoms with van der Waals surface area (Å²) in [5, 5.41) is 3.81. The minimum absolute atomic E-state index is 0.00475. The van der Waals surface area contributed by atoms with Gasteiger partial charge in [-0.15, -0.1) is 0 Å². The van der Waals surface area contributed by atoms with E-state index in [1.807, 2.05) is 6.07 Å². The Morgan fingerprint density at radius 2 is 1.15 bits per heavy atom. The topological polar surface area (TPSA) is 21.3 Å². The summed E-state index contributed by atoms with van der Waals surface area (Å²) in [6, 6.07) is 31.8. The molecule has 2 heteroatoms. The third kappa shape index (κ3) is 3.20. The van der Waals surface area contributed by atoms with E-state index in [1.165, 1.54) is 11.1 Å². The molecule has 1 N–H and O–H groups in total. The predicted octanol–water partition coefficient (Wildman–Crippen LogP) is 5.66. The zero-order chi connectivity index (χ0) is 18.9. The van der Waals surface area contributed by atoms with Gasteiger partial charge in [0.1, 0.15) is 11.8 Å². The molecule has 1 saturated heterocycles. The van der Waals surface area contributed by atoms with Gasteiger partial charge in [0, 0.05) is 0 Å². The number of benzene rings is 3. The van der Waals surface area contributed by atoms with Gasteiger partial charge in [-0.1, -0.05) is 112 Å². The van der Waals surface area contributed by atoms with Gasteiger partial charge in [0.05, 0.1) is 6.04 Å². The Balaban J connectivity index is 1.92. The summed E-state index contributed by atoms with van der Waals surface area (Å²) < 4.78 is 6.94. The first-order chi connectivity index (χ1) is 13.0. The summed E-state index contributed by atoms with van der Waals surface area (Å²) in [5.74, 6) is 0. The number of ether oxygens (including phenoxy) is 1. The second kappa shape index (κ2) is 6.95. The van der Waals surface area contributed by atoms with Crippen LogP contribution in [0.2, 0.25) is 0 Å². The molecule has 0 amide bonds. The molecular weight excluding hydrogens is 330 g/mol. The fourth-order valence-electron chi connectivity index (χ4n) is 4.22. The van der Waals surface area contributed by atoms with Crippen molar-refractivity contribution in [3.05, 3.63) is 108 Å². The van der Waals surface area contributed by atoms with Gasteiger partial charge in [-0.3, -0.25) is 5.32 Å². The smallest absolute Gasteiger partial charge is 0.136 e. The molecule has 4 rings (SSSR count). The Bertz CT molecular complexity index is 829. The highest BCUT2D eigenvalue weighted by atomic mass is 16.5. The van der Waals surface area contributed by atoms with Gasteiger partial charge in [0.15, 0.2) is 0 Å². The zero-order valence-corrected chi connectivity index (χ0v) is 16.2. The third-order valence-corrected chi connectivity index (χ3v) is 5.40. The molecule has 3 aromatic rings. The van der Waals surface area contributed by atoms with Crippen LogP contribution in [0.25, 0.3) is 0 Å². The van der Waals surface area contributed by atoms with Crippen LogP contribution in [0.5, 0.6) is 0 Å². The van der Waals surface area contributed by atoms with Crippen LogP contribution in [0.15, 0.2) is 91.0 Å². The second-order valence-electron chi connectivity index (χ2n) is 8.34. The van der Waals surface area contributed by atoms with Crippen molar-refractivity contribution in [2.24, 2.45) is 5.41 Å². The van der Waals surface area contributed by atoms with Gasteiger partial charge >= 0.3 is 0 Å². The fourth-order valence-corrected chi connectivity index (χ4v) is 4.22. The van der Waals surface area contributed by atoms with E-state index >= 15 is 0 Å². The highest BCUT2D eigenvalue weighted by Crippen LogP contribution is 2.50. The van der Waals surface area contributed by atoms with E-state index in [1.54, 1.807) is 0 Å². The van der Waals surface area contributed by atoms with Crippen molar-refractivity contribution in [1.82, 2.24) is 5.32 Å². The Morgan fingerprint density at radius 1 is 0.704 bits per heavy atom. The summed E-state index contributed by atoms with van der Waals surface area (Å²) in [7, 11) is 0. The monoisotopic (exact) mass is 357 g/mol. The minimum atomic E-state index is -0.554. The number of rotatable bonds is 3. The molecule has 3 aromatic carbocycles. The van der Waals surface area contributed by atoms with Crippen LogP contribution in [0.3, 0.4) is 0 Å². The lowest BCUT2D eigenvalue weighted by atomic mass is 9.70. The third-order valence-electron chi connectivity index (χ3n) is 5.40. The van der Waals surface area contributed by atoms with Crippen LogP contribution < -0.4 is 5.32 Å². The first kappa shape index (κ1) is 18.0. The molecule has 1 aliphatic heterocycles. The average Bonchev–Trinajstić information content (AvgIpc) is 3.13. The van der Waals surface area contributed by atoms with E-state index in [2.05, 4.69) is 111 Å². The number of nitrogens with one attached hydrogen (secondary N) is 1. The molecule has 2 nitrogen and oxygen atoms in total. The molecule has 0 unspecified atom stereocenters. The maximum atomic E-state index is 6.94. The summed E-state index contributed by atoms with van der Waals surface area (Å²) in [6.45, 7) is 6.84. The molecule has 0 bridgehead atoms. The van der Waals surface area contributed by atoms with Gasteiger partial charge in [-0.05, 0) is 22.1 Å². The largest absolute Gasteiger partial charge is 0.341 e. The minimum Gasteiger partial charge on any atom is -0.341 e. The molecule has 2 atom stereocenters. The fraction of sp³-hybridized carbons (Fsp3) is 0.280. The highest BCUT2D eigenvalue weighted by molar-refractivity contribution is 5.41. The maximum absolute atomic E-state index is 6.94. The summed E-state index contributed by atoms with van der Waals surface area (Å²) in [5.41, 5.74) is 2.96. The highest BCUT2D eigenvalue weighted by Gasteiger charge is 2.55. The molecule has 0 aromatic heterocycles. The van der Waals surface area contributed by atoms with Crippen LogP contribution in [0.1, 0.15) is 43.7 Å². The van der Waals surface area contributed by atoms with E-state index < -0.39 is 5.60 Å². The Labute approximate surface area is 162 Å². The van der Waals surface area contributed by atoms with E-state index in [0.29, 0.717) is 0 Å². The summed E-state index contributed by atoms with van der Waals surface area (Å²) in [4.78, 5) is 0. The van der Waals surface area contributed by atoms with Crippen molar-refractivity contribution < 1.29 is 4.74 Å². The Kier molecular flexibility index (Phi) is 4.63. The van der Waals surface area contributed by atoms with Crippen LogP contribution in [0.4, 0.5) is 0 Å². The summed E-state index contributed by atoms with van der Waals surface area (Å²) >= 11 is 0. The Hall–Kier alpha value is -2.42. The predicted molar refractivity (Wildman–Crippen MR) is 110 cm³/mol. The van der Waals surface area contributed by atoms with E-state index in [0.717, 1.165) is 5.56 Å². The van der Waals surface area contributed by atoms with Gasteiger partial charge in [-0.25, -0.2) is 0 Å². The second-order valence-corrected chi connectivity index (χ2v) is 8.34. The molecule has 138 valence electrons. The molecule has 1 heterocycles. The molecule has 0 radical (unpaired) electrons. The first-order valence-electron chi connectivity index (χ1n) is 9.62. The quantitative estimate of drug-likeness (QED) is 0.653. The molecule has 0 saturated carbocycles. The normalized spacial score (nSPS) is 21.9. The lowest BCUT2D eigenvalue weighted by Gasteiger charge is -2.41.